The first-order valence-electron chi connectivity index (χ1n) is 5.25. The molecule has 0 aliphatic rings. The van der Waals surface area contributed by atoms with Crippen LogP contribution >= 0.6 is 15.9 Å². The highest BCUT2D eigenvalue weighted by atomic mass is 79.9. The van der Waals surface area contributed by atoms with Crippen molar-refractivity contribution in [1.82, 2.24) is 4.98 Å². The molecule has 0 amide bonds. The summed E-state index contributed by atoms with van der Waals surface area (Å²) in [7, 11) is 0. The molecule has 0 aliphatic heterocycles. The summed E-state index contributed by atoms with van der Waals surface area (Å²) in [6, 6.07) is 7.50. The second kappa shape index (κ2) is 5.27. The minimum atomic E-state index is -0.351. The molecule has 2 rings (SSSR count). The Morgan fingerprint density at radius 2 is 2.17 bits per heavy atom. The lowest BCUT2D eigenvalue weighted by atomic mass is 10.1. The number of nitrogens with zero attached hydrogens (tertiary/aromatic N) is 1. The van der Waals surface area contributed by atoms with Gasteiger partial charge in [-0.2, -0.15) is 0 Å². The number of hydrogen-bond acceptors (Lipinski definition) is 3. The van der Waals surface area contributed by atoms with E-state index in [9.17, 15) is 9.18 Å². The third-order valence-corrected chi connectivity index (χ3v) is 3.21. The monoisotopic (exact) mass is 308 g/mol. The van der Waals surface area contributed by atoms with Gasteiger partial charge in [-0.1, -0.05) is 22.0 Å². The van der Waals surface area contributed by atoms with E-state index >= 15 is 0 Å². The molecule has 1 aromatic carbocycles. The van der Waals surface area contributed by atoms with Gasteiger partial charge in [0, 0.05) is 17.1 Å². The van der Waals surface area contributed by atoms with Gasteiger partial charge >= 0.3 is 0 Å². The average molecular weight is 309 g/mol. The van der Waals surface area contributed by atoms with E-state index in [2.05, 4.69) is 20.9 Å². The van der Waals surface area contributed by atoms with Gasteiger partial charge in [-0.15, -0.1) is 0 Å². The van der Waals surface area contributed by atoms with E-state index in [0.717, 1.165) is 0 Å². The first-order chi connectivity index (χ1) is 8.58. The zero-order valence-corrected chi connectivity index (χ0v) is 10.9. The molecule has 0 aliphatic carbocycles. The predicted octanol–water partition coefficient (Wildman–Crippen LogP) is 2.99. The molecule has 0 unspecified atom stereocenters. The van der Waals surface area contributed by atoms with Crippen LogP contribution in [0.4, 0.5) is 10.1 Å². The summed E-state index contributed by atoms with van der Waals surface area (Å²) in [6.45, 7) is 0. The number of hydrogen-bond donors (Lipinski definition) is 1. The Morgan fingerprint density at radius 1 is 1.39 bits per heavy atom. The van der Waals surface area contributed by atoms with Crippen LogP contribution in [0.15, 0.2) is 41.0 Å². The van der Waals surface area contributed by atoms with Crippen LogP contribution in [-0.4, -0.2) is 10.8 Å². The fourth-order valence-corrected chi connectivity index (χ4v) is 2.06. The molecule has 0 saturated heterocycles. The Hall–Kier alpha value is -1.75. The molecule has 3 nitrogen and oxygen atoms in total. The van der Waals surface area contributed by atoms with Gasteiger partial charge in [-0.05, 0) is 29.8 Å². The van der Waals surface area contributed by atoms with Crippen LogP contribution in [0.2, 0.25) is 0 Å². The number of Topliss-reactive ketones (excluding diaryl/α,β-unsaturated/α-hetero) is 1. The van der Waals surface area contributed by atoms with Crippen molar-refractivity contribution in [2.45, 2.75) is 6.42 Å². The summed E-state index contributed by atoms with van der Waals surface area (Å²) in [4.78, 5) is 16.0. The Balaban J connectivity index is 2.24. The normalized spacial score (nSPS) is 10.3. The second-order valence-corrected chi connectivity index (χ2v) is 4.63. The van der Waals surface area contributed by atoms with Crippen LogP contribution in [-0.2, 0) is 6.42 Å². The highest BCUT2D eigenvalue weighted by molar-refractivity contribution is 9.10. The van der Waals surface area contributed by atoms with Gasteiger partial charge in [0.2, 0.25) is 0 Å². The van der Waals surface area contributed by atoms with Crippen molar-refractivity contribution in [3.8, 4) is 0 Å². The van der Waals surface area contributed by atoms with Crippen LogP contribution in [0.3, 0.4) is 0 Å². The number of aromatic nitrogens is 1. The van der Waals surface area contributed by atoms with E-state index in [-0.39, 0.29) is 23.7 Å². The van der Waals surface area contributed by atoms with Crippen LogP contribution in [0.1, 0.15) is 16.1 Å². The molecular formula is C13H10BrFN2O. The van der Waals surface area contributed by atoms with Crippen molar-refractivity contribution in [3.05, 3.63) is 58.1 Å². The predicted molar refractivity (Wildman–Crippen MR) is 70.8 cm³/mol. The Morgan fingerprint density at radius 3 is 2.83 bits per heavy atom. The van der Waals surface area contributed by atoms with Crippen molar-refractivity contribution < 1.29 is 9.18 Å². The first kappa shape index (κ1) is 12.7. The van der Waals surface area contributed by atoms with Crippen molar-refractivity contribution in [2.75, 3.05) is 5.73 Å². The molecule has 18 heavy (non-hydrogen) atoms. The topological polar surface area (TPSA) is 56.0 Å². The third-order valence-electron chi connectivity index (χ3n) is 2.47. The van der Waals surface area contributed by atoms with Crippen LogP contribution in [0.5, 0.6) is 0 Å². The number of benzene rings is 1. The number of nitrogens with two attached hydrogens (primary N) is 1. The fourth-order valence-electron chi connectivity index (χ4n) is 1.57. The van der Waals surface area contributed by atoms with E-state index in [1.54, 1.807) is 18.2 Å². The van der Waals surface area contributed by atoms with Crippen molar-refractivity contribution >= 4 is 27.4 Å². The van der Waals surface area contributed by atoms with Crippen molar-refractivity contribution in [2.24, 2.45) is 0 Å². The summed E-state index contributed by atoms with van der Waals surface area (Å²) >= 11 is 3.22. The maximum Gasteiger partial charge on any atom is 0.187 e. The summed E-state index contributed by atoms with van der Waals surface area (Å²) in [6.07, 6.45) is 1.64. The number of carbonyl (C=O) groups is 1. The van der Waals surface area contributed by atoms with Crippen molar-refractivity contribution in [3.63, 3.8) is 0 Å². The van der Waals surface area contributed by atoms with E-state index in [1.165, 1.54) is 18.3 Å². The maximum absolute atomic E-state index is 12.9. The summed E-state index contributed by atoms with van der Waals surface area (Å²) < 4.78 is 13.5. The van der Waals surface area contributed by atoms with E-state index in [0.29, 0.717) is 15.7 Å². The number of halogens is 2. The van der Waals surface area contributed by atoms with Gasteiger partial charge in [-0.3, -0.25) is 9.78 Å². The lowest BCUT2D eigenvalue weighted by Gasteiger charge is -2.05. The lowest BCUT2D eigenvalue weighted by Crippen LogP contribution is -2.09. The average Bonchev–Trinajstić information content (AvgIpc) is 2.33. The molecule has 1 heterocycles. The quantitative estimate of drug-likeness (QED) is 0.887. The summed E-state index contributed by atoms with van der Waals surface area (Å²) in [5.41, 5.74) is 6.97. The highest BCUT2D eigenvalue weighted by Crippen LogP contribution is 2.20. The van der Waals surface area contributed by atoms with E-state index < -0.39 is 0 Å². The standard InChI is InChI=1S/C13H10BrFN2O/c14-10-7-9(15)4-3-8(10)6-12(18)13-11(16)2-1-5-17-13/h1-5,7H,6,16H2. The summed E-state index contributed by atoms with van der Waals surface area (Å²) in [5, 5.41) is 0. The number of ketones is 1. The third kappa shape index (κ3) is 2.73. The second-order valence-electron chi connectivity index (χ2n) is 3.78. The van der Waals surface area contributed by atoms with Gasteiger partial charge in [0.15, 0.2) is 5.78 Å². The Labute approximate surface area is 112 Å². The van der Waals surface area contributed by atoms with Crippen LogP contribution < -0.4 is 5.73 Å². The van der Waals surface area contributed by atoms with Crippen molar-refractivity contribution in [1.29, 1.82) is 0 Å². The number of rotatable bonds is 3. The van der Waals surface area contributed by atoms with Crippen LogP contribution in [0.25, 0.3) is 0 Å². The van der Waals surface area contributed by atoms with Gasteiger partial charge in [0.25, 0.3) is 0 Å². The molecule has 92 valence electrons. The molecule has 0 saturated carbocycles. The Bertz CT molecular complexity index is 601. The first-order valence-corrected chi connectivity index (χ1v) is 6.05. The molecule has 0 spiro atoms. The maximum atomic E-state index is 12.9. The smallest absolute Gasteiger partial charge is 0.187 e. The molecule has 0 fully saturated rings. The molecular weight excluding hydrogens is 299 g/mol. The fraction of sp³-hybridized carbons (Fsp3) is 0.0769. The lowest BCUT2D eigenvalue weighted by molar-refractivity contribution is 0.0989. The number of nitrogen functional groups attached to an aromatic ring is 1. The molecule has 2 aromatic rings. The summed E-state index contributed by atoms with van der Waals surface area (Å²) in [5.74, 6) is -0.546. The highest BCUT2D eigenvalue weighted by Gasteiger charge is 2.13. The van der Waals surface area contributed by atoms with Gasteiger partial charge < -0.3 is 5.73 Å². The van der Waals surface area contributed by atoms with E-state index in [4.69, 9.17) is 5.73 Å². The number of anilines is 1. The number of pyridine rings is 1. The molecule has 0 atom stereocenters. The SMILES string of the molecule is Nc1cccnc1C(=O)Cc1ccc(F)cc1Br. The number of carbonyl (C=O) groups excluding carboxylic acids is 1. The molecule has 5 heteroatoms. The minimum absolute atomic E-state index is 0.127. The zero-order chi connectivity index (χ0) is 13.1. The van der Waals surface area contributed by atoms with Crippen LogP contribution in [0, 0.1) is 5.82 Å². The minimum Gasteiger partial charge on any atom is -0.397 e. The van der Waals surface area contributed by atoms with Gasteiger partial charge in [-0.25, -0.2) is 4.39 Å². The molecule has 2 N–H and O–H groups in total. The largest absolute Gasteiger partial charge is 0.397 e. The zero-order valence-electron chi connectivity index (χ0n) is 9.36. The van der Waals surface area contributed by atoms with Gasteiger partial charge in [0.1, 0.15) is 11.5 Å². The molecule has 0 radical (unpaired) electrons. The Kier molecular flexibility index (Phi) is 3.72. The van der Waals surface area contributed by atoms with E-state index in [1.807, 2.05) is 0 Å². The molecule has 1 aromatic heterocycles. The van der Waals surface area contributed by atoms with Gasteiger partial charge in [0.05, 0.1) is 5.69 Å². The molecule has 0 bridgehead atoms.